The van der Waals surface area contributed by atoms with Crippen LogP contribution in [0.3, 0.4) is 0 Å². The topological polar surface area (TPSA) is 123 Å². The van der Waals surface area contributed by atoms with Crippen LogP contribution in [-0.4, -0.2) is 52.6 Å². The summed E-state index contributed by atoms with van der Waals surface area (Å²) in [6, 6.07) is -2.00. The summed E-state index contributed by atoms with van der Waals surface area (Å²) in [5.74, 6) is -2.02. The summed E-state index contributed by atoms with van der Waals surface area (Å²) < 4.78 is 6.02. The van der Waals surface area contributed by atoms with Crippen molar-refractivity contribution in [3.8, 4) is 0 Å². The number of aromatic nitrogens is 2. The Kier molecular flexibility index (Phi) is 6.18. The molecule has 0 aliphatic rings. The molecule has 0 radical (unpaired) electrons. The zero-order chi connectivity index (χ0) is 15.8. The SMILES string of the molecule is COC(=O)C[C@H](NC(=O)NCCn1cc(C)cn1)C(=O)O. The number of carbonyl (C=O) groups is 3. The number of hydrogen-bond acceptors (Lipinski definition) is 5. The molecular formula is C12H18N4O5. The highest BCUT2D eigenvalue weighted by Gasteiger charge is 2.23. The summed E-state index contributed by atoms with van der Waals surface area (Å²) in [6.07, 6.45) is 3.07. The largest absolute Gasteiger partial charge is 0.480 e. The van der Waals surface area contributed by atoms with Gasteiger partial charge in [0.05, 0.1) is 26.3 Å². The standard InChI is InChI=1S/C12H18N4O5/c1-8-6-14-16(7-8)4-3-13-12(20)15-9(11(18)19)5-10(17)21-2/h6-7,9H,3-5H2,1-2H3,(H,18,19)(H2,13,15,20)/t9-/m0/s1. The lowest BCUT2D eigenvalue weighted by Crippen LogP contribution is -2.47. The molecule has 1 heterocycles. The minimum Gasteiger partial charge on any atom is -0.480 e. The number of carbonyl (C=O) groups excluding carboxylic acids is 2. The Balaban J connectivity index is 2.36. The van der Waals surface area contributed by atoms with E-state index in [1.165, 1.54) is 0 Å². The monoisotopic (exact) mass is 298 g/mol. The summed E-state index contributed by atoms with van der Waals surface area (Å²) in [6.45, 7) is 2.63. The lowest BCUT2D eigenvalue weighted by molar-refractivity contribution is -0.147. The lowest BCUT2D eigenvalue weighted by Gasteiger charge is -2.14. The number of rotatable bonds is 7. The highest BCUT2D eigenvalue weighted by molar-refractivity contribution is 5.86. The quantitative estimate of drug-likeness (QED) is 0.584. The zero-order valence-corrected chi connectivity index (χ0v) is 11.8. The van der Waals surface area contributed by atoms with Crippen molar-refractivity contribution >= 4 is 18.0 Å². The van der Waals surface area contributed by atoms with E-state index in [4.69, 9.17) is 5.11 Å². The lowest BCUT2D eigenvalue weighted by atomic mass is 10.2. The van der Waals surface area contributed by atoms with E-state index >= 15 is 0 Å². The number of aliphatic carboxylic acids is 1. The van der Waals surface area contributed by atoms with Crippen molar-refractivity contribution in [2.45, 2.75) is 25.9 Å². The first-order valence-corrected chi connectivity index (χ1v) is 6.25. The second-order valence-electron chi connectivity index (χ2n) is 4.35. The maximum absolute atomic E-state index is 11.6. The third-order valence-corrected chi connectivity index (χ3v) is 2.59. The normalized spacial score (nSPS) is 11.5. The number of urea groups is 1. The number of nitrogens with one attached hydrogen (secondary N) is 2. The molecule has 1 atom stereocenters. The molecule has 0 aliphatic heterocycles. The van der Waals surface area contributed by atoms with E-state index in [1.807, 2.05) is 13.1 Å². The second-order valence-corrected chi connectivity index (χ2v) is 4.35. The molecule has 21 heavy (non-hydrogen) atoms. The molecule has 0 fully saturated rings. The molecule has 0 saturated carbocycles. The van der Waals surface area contributed by atoms with Gasteiger partial charge < -0.3 is 20.5 Å². The Morgan fingerprint density at radius 3 is 2.71 bits per heavy atom. The van der Waals surface area contributed by atoms with Gasteiger partial charge >= 0.3 is 18.0 Å². The molecule has 2 amide bonds. The van der Waals surface area contributed by atoms with Crippen LogP contribution in [0.15, 0.2) is 12.4 Å². The van der Waals surface area contributed by atoms with E-state index in [0.717, 1.165) is 12.7 Å². The first kappa shape index (κ1) is 16.5. The Hall–Kier alpha value is -2.58. The molecule has 0 aliphatic carbocycles. The smallest absolute Gasteiger partial charge is 0.326 e. The molecule has 1 rings (SSSR count). The average molecular weight is 298 g/mol. The number of ether oxygens (including phenoxy) is 1. The van der Waals surface area contributed by atoms with E-state index in [9.17, 15) is 14.4 Å². The van der Waals surface area contributed by atoms with Crippen LogP contribution in [0.25, 0.3) is 0 Å². The first-order valence-electron chi connectivity index (χ1n) is 6.25. The van der Waals surface area contributed by atoms with Crippen LogP contribution in [0.4, 0.5) is 4.79 Å². The second kappa shape index (κ2) is 7.88. The molecule has 0 unspecified atom stereocenters. The third kappa shape index (κ3) is 5.93. The fourth-order valence-electron chi connectivity index (χ4n) is 1.53. The minimum absolute atomic E-state index is 0.275. The van der Waals surface area contributed by atoms with Crippen molar-refractivity contribution in [1.29, 1.82) is 0 Å². The summed E-state index contributed by atoms with van der Waals surface area (Å²) in [7, 11) is 1.15. The van der Waals surface area contributed by atoms with Gasteiger partial charge in [-0.1, -0.05) is 0 Å². The van der Waals surface area contributed by atoms with Crippen molar-refractivity contribution in [2.24, 2.45) is 0 Å². The highest BCUT2D eigenvalue weighted by Crippen LogP contribution is 1.95. The number of aryl methyl sites for hydroxylation is 1. The van der Waals surface area contributed by atoms with Crippen LogP contribution in [0.1, 0.15) is 12.0 Å². The first-order chi connectivity index (χ1) is 9.92. The minimum atomic E-state index is -1.33. The van der Waals surface area contributed by atoms with Crippen LogP contribution in [0.5, 0.6) is 0 Å². The Labute approximate surface area is 121 Å². The van der Waals surface area contributed by atoms with Crippen molar-refractivity contribution < 1.29 is 24.2 Å². The molecule has 9 heteroatoms. The van der Waals surface area contributed by atoms with Gasteiger partial charge in [-0.3, -0.25) is 9.48 Å². The van der Waals surface area contributed by atoms with Crippen molar-refractivity contribution in [3.63, 3.8) is 0 Å². The molecule has 3 N–H and O–H groups in total. The Bertz CT molecular complexity index is 514. The van der Waals surface area contributed by atoms with Gasteiger partial charge in [-0.25, -0.2) is 9.59 Å². The van der Waals surface area contributed by atoms with Gasteiger partial charge in [0, 0.05) is 12.7 Å². The molecule has 0 aromatic carbocycles. The van der Waals surface area contributed by atoms with Crippen LogP contribution in [0.2, 0.25) is 0 Å². The third-order valence-electron chi connectivity index (χ3n) is 2.59. The molecule has 0 spiro atoms. The predicted molar refractivity (Wildman–Crippen MR) is 71.6 cm³/mol. The van der Waals surface area contributed by atoms with Gasteiger partial charge in [-0.15, -0.1) is 0 Å². The summed E-state index contributed by atoms with van der Waals surface area (Å²) in [4.78, 5) is 33.5. The maximum Gasteiger partial charge on any atom is 0.326 e. The molecule has 0 bridgehead atoms. The van der Waals surface area contributed by atoms with E-state index in [-0.39, 0.29) is 6.54 Å². The van der Waals surface area contributed by atoms with Crippen LogP contribution in [0, 0.1) is 6.92 Å². The molecule has 1 aromatic rings. The van der Waals surface area contributed by atoms with E-state index < -0.39 is 30.4 Å². The predicted octanol–water partition coefficient (Wildman–Crippen LogP) is -0.493. The van der Waals surface area contributed by atoms with Crippen LogP contribution < -0.4 is 10.6 Å². The average Bonchev–Trinajstić information content (AvgIpc) is 2.83. The Morgan fingerprint density at radius 2 is 2.19 bits per heavy atom. The van der Waals surface area contributed by atoms with Gasteiger partial charge in [-0.2, -0.15) is 5.10 Å². The highest BCUT2D eigenvalue weighted by atomic mass is 16.5. The number of carboxylic acid groups (broad SMARTS) is 1. The number of carboxylic acids is 1. The Morgan fingerprint density at radius 1 is 1.48 bits per heavy atom. The van der Waals surface area contributed by atoms with Crippen molar-refractivity contribution in [3.05, 3.63) is 18.0 Å². The molecule has 0 saturated heterocycles. The van der Waals surface area contributed by atoms with Gasteiger partial charge in [0.1, 0.15) is 6.04 Å². The number of nitrogens with zero attached hydrogens (tertiary/aromatic N) is 2. The molecule has 9 nitrogen and oxygen atoms in total. The summed E-state index contributed by atoms with van der Waals surface area (Å²) in [5, 5.41) is 17.6. The van der Waals surface area contributed by atoms with Crippen LogP contribution in [-0.2, 0) is 20.9 Å². The number of methoxy groups -OCH3 is 1. The summed E-state index contributed by atoms with van der Waals surface area (Å²) >= 11 is 0. The van der Waals surface area contributed by atoms with Crippen molar-refractivity contribution in [2.75, 3.05) is 13.7 Å². The number of amides is 2. The maximum atomic E-state index is 11.6. The van der Waals surface area contributed by atoms with Crippen LogP contribution >= 0.6 is 0 Å². The van der Waals surface area contributed by atoms with E-state index in [0.29, 0.717) is 6.54 Å². The van der Waals surface area contributed by atoms with Gasteiger partial charge in [-0.05, 0) is 12.5 Å². The fourth-order valence-corrected chi connectivity index (χ4v) is 1.53. The van der Waals surface area contributed by atoms with E-state index in [2.05, 4.69) is 20.5 Å². The van der Waals surface area contributed by atoms with Gasteiger partial charge in [0.25, 0.3) is 0 Å². The van der Waals surface area contributed by atoms with E-state index in [1.54, 1.807) is 10.9 Å². The number of esters is 1. The number of hydrogen-bond donors (Lipinski definition) is 3. The molecule has 116 valence electrons. The summed E-state index contributed by atoms with van der Waals surface area (Å²) in [5.41, 5.74) is 1.00. The fraction of sp³-hybridized carbons (Fsp3) is 0.500. The van der Waals surface area contributed by atoms with Gasteiger partial charge in [0.15, 0.2) is 0 Å². The zero-order valence-electron chi connectivity index (χ0n) is 11.8. The molecule has 1 aromatic heterocycles. The van der Waals surface area contributed by atoms with Gasteiger partial charge in [0.2, 0.25) is 0 Å². The van der Waals surface area contributed by atoms with Crippen molar-refractivity contribution in [1.82, 2.24) is 20.4 Å². The molecular weight excluding hydrogens is 280 g/mol.